The van der Waals surface area contributed by atoms with E-state index >= 15 is 0 Å². The van der Waals surface area contributed by atoms with Crippen LogP contribution in [-0.2, 0) is 4.74 Å². The van der Waals surface area contributed by atoms with Crippen molar-refractivity contribution < 1.29 is 9.84 Å². The van der Waals surface area contributed by atoms with E-state index in [0.29, 0.717) is 5.92 Å². The average Bonchev–Trinajstić information content (AvgIpc) is 2.41. The van der Waals surface area contributed by atoms with Crippen molar-refractivity contribution >= 4 is 0 Å². The molecule has 2 fully saturated rings. The van der Waals surface area contributed by atoms with Crippen LogP contribution in [0.2, 0.25) is 0 Å². The standard InChI is InChI=1S/C16H32N2O2/c1-14(2)12(13(17)15(3,4)20-14)11-18-9-6-7-16(5,19)8-10-18/h12-13,19H,6-11,17H2,1-5H3. The van der Waals surface area contributed by atoms with Gasteiger partial charge in [0.05, 0.1) is 16.8 Å². The molecule has 0 aliphatic carbocycles. The van der Waals surface area contributed by atoms with E-state index in [2.05, 4.69) is 32.6 Å². The molecule has 4 heteroatoms. The third-order valence-electron chi connectivity index (χ3n) is 5.27. The molecule has 2 rings (SSSR count). The van der Waals surface area contributed by atoms with Crippen molar-refractivity contribution in [1.29, 1.82) is 0 Å². The van der Waals surface area contributed by atoms with Crippen molar-refractivity contribution in [2.24, 2.45) is 11.7 Å². The Morgan fingerprint density at radius 2 is 1.75 bits per heavy atom. The van der Waals surface area contributed by atoms with Crippen LogP contribution >= 0.6 is 0 Å². The Morgan fingerprint density at radius 3 is 2.30 bits per heavy atom. The van der Waals surface area contributed by atoms with Crippen LogP contribution in [0.3, 0.4) is 0 Å². The van der Waals surface area contributed by atoms with Gasteiger partial charge in [-0.15, -0.1) is 0 Å². The highest BCUT2D eigenvalue weighted by molar-refractivity contribution is 5.04. The van der Waals surface area contributed by atoms with Gasteiger partial charge >= 0.3 is 0 Å². The van der Waals surface area contributed by atoms with Crippen molar-refractivity contribution in [2.45, 2.75) is 76.7 Å². The van der Waals surface area contributed by atoms with E-state index in [1.807, 2.05) is 6.92 Å². The lowest BCUT2D eigenvalue weighted by Crippen LogP contribution is -2.48. The molecule has 3 unspecified atom stereocenters. The molecule has 0 aromatic carbocycles. The lowest BCUT2D eigenvalue weighted by Gasteiger charge is -2.32. The fourth-order valence-corrected chi connectivity index (χ4v) is 3.85. The molecule has 0 radical (unpaired) electrons. The van der Waals surface area contributed by atoms with E-state index < -0.39 is 5.60 Å². The number of aliphatic hydroxyl groups is 1. The summed E-state index contributed by atoms with van der Waals surface area (Å²) in [7, 11) is 0. The van der Waals surface area contributed by atoms with Crippen LogP contribution in [0.4, 0.5) is 0 Å². The summed E-state index contributed by atoms with van der Waals surface area (Å²) in [6.07, 6.45) is 2.80. The Labute approximate surface area is 123 Å². The molecule has 2 aliphatic heterocycles. The van der Waals surface area contributed by atoms with E-state index in [0.717, 1.165) is 38.9 Å². The predicted molar refractivity (Wildman–Crippen MR) is 81.6 cm³/mol. The van der Waals surface area contributed by atoms with Gasteiger partial charge in [-0.3, -0.25) is 0 Å². The number of ether oxygens (including phenoxy) is 1. The maximum Gasteiger partial charge on any atom is 0.0788 e. The molecule has 3 N–H and O–H groups in total. The third-order valence-corrected chi connectivity index (χ3v) is 5.27. The van der Waals surface area contributed by atoms with Gasteiger partial charge in [0.15, 0.2) is 0 Å². The van der Waals surface area contributed by atoms with Gasteiger partial charge in [0.25, 0.3) is 0 Å². The fourth-order valence-electron chi connectivity index (χ4n) is 3.85. The molecule has 4 nitrogen and oxygen atoms in total. The second-order valence-corrected chi connectivity index (χ2v) is 8.09. The number of nitrogens with two attached hydrogens (primary N) is 1. The summed E-state index contributed by atoms with van der Waals surface area (Å²) >= 11 is 0. The maximum absolute atomic E-state index is 10.2. The smallest absolute Gasteiger partial charge is 0.0788 e. The van der Waals surface area contributed by atoms with E-state index in [1.165, 1.54) is 0 Å². The minimum Gasteiger partial charge on any atom is -0.390 e. The van der Waals surface area contributed by atoms with Gasteiger partial charge in [-0.05, 0) is 60.4 Å². The van der Waals surface area contributed by atoms with E-state index in [4.69, 9.17) is 10.5 Å². The third kappa shape index (κ3) is 3.35. The highest BCUT2D eigenvalue weighted by Crippen LogP contribution is 2.41. The summed E-state index contributed by atoms with van der Waals surface area (Å²) in [4.78, 5) is 2.46. The van der Waals surface area contributed by atoms with Crippen LogP contribution in [0, 0.1) is 5.92 Å². The van der Waals surface area contributed by atoms with E-state index in [1.54, 1.807) is 0 Å². The number of hydrogen-bond donors (Lipinski definition) is 2. The zero-order chi connectivity index (χ0) is 15.2. The normalized spacial score (nSPS) is 41.5. The summed E-state index contributed by atoms with van der Waals surface area (Å²) in [6, 6.07) is 0.0567. The molecule has 0 spiro atoms. The maximum atomic E-state index is 10.2. The number of nitrogens with zero attached hydrogens (tertiary/aromatic N) is 1. The second-order valence-electron chi connectivity index (χ2n) is 8.09. The molecule has 0 amide bonds. The monoisotopic (exact) mass is 284 g/mol. The quantitative estimate of drug-likeness (QED) is 0.811. The van der Waals surface area contributed by atoms with Crippen molar-refractivity contribution in [1.82, 2.24) is 4.90 Å². The molecular formula is C16H32N2O2. The summed E-state index contributed by atoms with van der Waals surface area (Å²) < 4.78 is 6.17. The predicted octanol–water partition coefficient (Wildman–Crippen LogP) is 1.75. The van der Waals surface area contributed by atoms with Gasteiger partial charge in [-0.2, -0.15) is 0 Å². The summed E-state index contributed by atoms with van der Waals surface area (Å²) in [5.41, 5.74) is 5.50. The van der Waals surface area contributed by atoms with E-state index in [9.17, 15) is 5.11 Å². The molecule has 2 heterocycles. The van der Waals surface area contributed by atoms with Crippen molar-refractivity contribution in [3.8, 4) is 0 Å². The van der Waals surface area contributed by atoms with Gasteiger partial charge < -0.3 is 20.5 Å². The first kappa shape index (κ1) is 16.2. The Hall–Kier alpha value is -0.160. The Bertz CT molecular complexity index is 352. The molecule has 2 aliphatic rings. The van der Waals surface area contributed by atoms with Gasteiger partial charge in [0.2, 0.25) is 0 Å². The summed E-state index contributed by atoms with van der Waals surface area (Å²) in [6.45, 7) is 13.4. The van der Waals surface area contributed by atoms with Gasteiger partial charge in [-0.1, -0.05) is 0 Å². The molecule has 20 heavy (non-hydrogen) atoms. The van der Waals surface area contributed by atoms with Crippen LogP contribution in [0.15, 0.2) is 0 Å². The minimum atomic E-state index is -0.502. The van der Waals surface area contributed by atoms with Gasteiger partial charge in [-0.25, -0.2) is 0 Å². The van der Waals surface area contributed by atoms with Crippen molar-refractivity contribution in [2.75, 3.05) is 19.6 Å². The van der Waals surface area contributed by atoms with Crippen LogP contribution < -0.4 is 5.73 Å². The van der Waals surface area contributed by atoms with Crippen LogP contribution in [0.25, 0.3) is 0 Å². The SMILES string of the molecule is CC1(O)CCCN(CC2C(N)C(C)(C)OC2(C)C)CC1. The molecular weight excluding hydrogens is 252 g/mol. The highest BCUT2D eigenvalue weighted by Gasteiger charge is 2.52. The molecule has 2 saturated heterocycles. The minimum absolute atomic E-state index is 0.0567. The molecule has 118 valence electrons. The Morgan fingerprint density at radius 1 is 1.10 bits per heavy atom. The Balaban J connectivity index is 2.02. The van der Waals surface area contributed by atoms with Gasteiger partial charge in [0.1, 0.15) is 0 Å². The van der Waals surface area contributed by atoms with Crippen LogP contribution in [0.1, 0.15) is 53.9 Å². The molecule has 3 atom stereocenters. The van der Waals surface area contributed by atoms with Crippen molar-refractivity contribution in [3.63, 3.8) is 0 Å². The Kier molecular flexibility index (Phi) is 4.25. The molecule has 0 aromatic rings. The average molecular weight is 284 g/mol. The number of likely N-dealkylation sites (tertiary alicyclic amines) is 1. The lowest BCUT2D eigenvalue weighted by atomic mass is 9.82. The molecule has 0 bridgehead atoms. The zero-order valence-electron chi connectivity index (χ0n) is 13.8. The van der Waals surface area contributed by atoms with Crippen molar-refractivity contribution in [3.05, 3.63) is 0 Å². The fraction of sp³-hybridized carbons (Fsp3) is 1.00. The lowest BCUT2D eigenvalue weighted by molar-refractivity contribution is -0.0784. The highest BCUT2D eigenvalue weighted by atomic mass is 16.5. The first-order valence-electron chi connectivity index (χ1n) is 7.94. The summed E-state index contributed by atoms with van der Waals surface area (Å²) in [5.74, 6) is 0.334. The zero-order valence-corrected chi connectivity index (χ0v) is 13.8. The topological polar surface area (TPSA) is 58.7 Å². The first-order valence-corrected chi connectivity index (χ1v) is 7.94. The number of rotatable bonds is 2. The van der Waals surface area contributed by atoms with E-state index in [-0.39, 0.29) is 17.2 Å². The number of hydrogen-bond acceptors (Lipinski definition) is 4. The second kappa shape index (κ2) is 5.24. The summed E-state index contributed by atoms with van der Waals surface area (Å²) in [5, 5.41) is 10.2. The molecule has 0 aromatic heterocycles. The van der Waals surface area contributed by atoms with Crippen LogP contribution in [-0.4, -0.2) is 52.5 Å². The molecule has 0 saturated carbocycles. The first-order chi connectivity index (χ1) is 9.04. The van der Waals surface area contributed by atoms with Crippen LogP contribution in [0.5, 0.6) is 0 Å². The largest absolute Gasteiger partial charge is 0.390 e. The van der Waals surface area contributed by atoms with Gasteiger partial charge in [0, 0.05) is 25.0 Å².